The lowest BCUT2D eigenvalue weighted by molar-refractivity contribution is -0.274. The highest BCUT2D eigenvalue weighted by Gasteiger charge is 2.30. The maximum Gasteiger partial charge on any atom is 0.573 e. The molecule has 0 bridgehead atoms. The summed E-state index contributed by atoms with van der Waals surface area (Å²) in [6, 6.07) is 12.6. The molecule has 1 heterocycles. The molecule has 1 aromatic heterocycles. The second-order valence-electron chi connectivity index (χ2n) is 5.50. The van der Waals surface area contributed by atoms with Crippen LogP contribution in [0.25, 0.3) is 5.69 Å². The monoisotopic (exact) mass is 503 g/mol. The van der Waals surface area contributed by atoms with Crippen LogP contribution in [0.2, 0.25) is 0 Å². The summed E-state index contributed by atoms with van der Waals surface area (Å²) in [5, 5.41) is 9.95. The Labute approximate surface area is 171 Å². The maximum atomic E-state index is 12.2. The van der Waals surface area contributed by atoms with Crippen molar-refractivity contribution in [3.8, 4) is 11.4 Å². The summed E-state index contributed by atoms with van der Waals surface area (Å²) in [5.74, 6) is 0.0529. The van der Waals surface area contributed by atoms with E-state index in [2.05, 4.69) is 25.5 Å². The van der Waals surface area contributed by atoms with Gasteiger partial charge < -0.3 is 15.4 Å². The second kappa shape index (κ2) is 8.46. The Bertz CT molecular complexity index is 943. The van der Waals surface area contributed by atoms with Crippen molar-refractivity contribution in [3.63, 3.8) is 0 Å². The SMILES string of the molecule is O=C(I)Nc1ccc(CNc2ncn(-c3ccc(OC(F)(F)F)cc3)n2)cc1. The number of hydrogen-bond donors (Lipinski definition) is 2. The number of ether oxygens (including phenoxy) is 1. The molecular formula is C17H13F3IN5O2. The summed E-state index contributed by atoms with van der Waals surface area (Å²) in [5.41, 5.74) is 2.19. The lowest BCUT2D eigenvalue weighted by atomic mass is 10.2. The van der Waals surface area contributed by atoms with Crippen molar-refractivity contribution in [3.05, 3.63) is 60.4 Å². The molecular weight excluding hydrogens is 490 g/mol. The van der Waals surface area contributed by atoms with Crippen molar-refractivity contribution >= 4 is 38.1 Å². The first-order valence-electron chi connectivity index (χ1n) is 7.86. The van der Waals surface area contributed by atoms with Gasteiger partial charge in [-0.05, 0) is 42.0 Å². The van der Waals surface area contributed by atoms with Crippen LogP contribution in [0.1, 0.15) is 5.56 Å². The summed E-state index contributed by atoms with van der Waals surface area (Å²) in [4.78, 5) is 15.1. The zero-order valence-corrected chi connectivity index (χ0v) is 16.2. The number of benzene rings is 2. The molecule has 3 rings (SSSR count). The summed E-state index contributed by atoms with van der Waals surface area (Å²) in [7, 11) is 0. The van der Waals surface area contributed by atoms with E-state index in [0.717, 1.165) is 5.56 Å². The number of nitrogens with one attached hydrogen (secondary N) is 2. The third-order valence-electron chi connectivity index (χ3n) is 3.47. The van der Waals surface area contributed by atoms with Crippen molar-refractivity contribution in [1.29, 1.82) is 0 Å². The summed E-state index contributed by atoms with van der Waals surface area (Å²) in [6.45, 7) is 0.459. The minimum atomic E-state index is -4.73. The fourth-order valence-electron chi connectivity index (χ4n) is 2.27. The molecule has 2 N–H and O–H groups in total. The highest BCUT2D eigenvalue weighted by molar-refractivity contribution is 14.1. The van der Waals surface area contributed by atoms with E-state index < -0.39 is 6.36 Å². The maximum absolute atomic E-state index is 12.2. The first-order chi connectivity index (χ1) is 13.3. The molecule has 0 atom stereocenters. The molecule has 0 fully saturated rings. The van der Waals surface area contributed by atoms with Gasteiger partial charge in [0.2, 0.25) is 5.95 Å². The van der Waals surface area contributed by atoms with Crippen molar-refractivity contribution < 1.29 is 22.7 Å². The zero-order chi connectivity index (χ0) is 20.1. The smallest absolute Gasteiger partial charge is 0.406 e. The predicted octanol–water partition coefficient (Wildman–Crippen LogP) is 4.74. The largest absolute Gasteiger partial charge is 0.573 e. The molecule has 0 radical (unpaired) electrons. The number of hydrogen-bond acceptors (Lipinski definition) is 5. The van der Waals surface area contributed by atoms with Crippen LogP contribution in [0.4, 0.5) is 29.6 Å². The first kappa shape index (κ1) is 19.9. The van der Waals surface area contributed by atoms with Gasteiger partial charge in [-0.15, -0.1) is 18.3 Å². The van der Waals surface area contributed by atoms with Crippen LogP contribution >= 0.6 is 22.6 Å². The molecule has 1 amide bonds. The van der Waals surface area contributed by atoms with Gasteiger partial charge in [-0.1, -0.05) is 12.1 Å². The minimum Gasteiger partial charge on any atom is -0.406 e. The van der Waals surface area contributed by atoms with E-state index in [4.69, 9.17) is 0 Å². The molecule has 0 saturated heterocycles. The van der Waals surface area contributed by atoms with Gasteiger partial charge in [-0.2, -0.15) is 0 Å². The first-order valence-corrected chi connectivity index (χ1v) is 8.93. The lowest BCUT2D eigenvalue weighted by Crippen LogP contribution is -2.17. The van der Waals surface area contributed by atoms with Gasteiger partial charge in [0.1, 0.15) is 12.1 Å². The predicted molar refractivity (Wildman–Crippen MR) is 105 cm³/mol. The molecule has 0 aliphatic rings. The van der Waals surface area contributed by atoms with Gasteiger partial charge in [0.05, 0.1) is 5.69 Å². The number of amides is 1. The molecule has 146 valence electrons. The molecule has 11 heteroatoms. The number of rotatable bonds is 6. The van der Waals surface area contributed by atoms with Crippen molar-refractivity contribution in [2.45, 2.75) is 12.9 Å². The second-order valence-corrected chi connectivity index (χ2v) is 6.48. The van der Waals surface area contributed by atoms with E-state index >= 15 is 0 Å². The summed E-state index contributed by atoms with van der Waals surface area (Å²) >= 11 is 1.66. The number of carbonyl (C=O) groups is 1. The number of alkyl halides is 3. The third kappa shape index (κ3) is 5.84. The molecule has 0 unspecified atom stereocenters. The van der Waals surface area contributed by atoms with Gasteiger partial charge in [0, 0.05) is 34.8 Å². The Morgan fingerprint density at radius 2 is 1.79 bits per heavy atom. The fourth-order valence-corrected chi connectivity index (χ4v) is 2.58. The van der Waals surface area contributed by atoms with E-state index in [9.17, 15) is 18.0 Å². The zero-order valence-electron chi connectivity index (χ0n) is 14.1. The van der Waals surface area contributed by atoms with Gasteiger partial charge in [0.15, 0.2) is 0 Å². The van der Waals surface area contributed by atoms with Crippen LogP contribution in [0.5, 0.6) is 5.75 Å². The van der Waals surface area contributed by atoms with E-state index in [1.165, 1.54) is 35.3 Å². The molecule has 0 saturated carbocycles. The van der Waals surface area contributed by atoms with Crippen LogP contribution in [0.3, 0.4) is 0 Å². The Hall–Kier alpha value is -2.83. The Morgan fingerprint density at radius 1 is 1.11 bits per heavy atom. The van der Waals surface area contributed by atoms with E-state index in [1.54, 1.807) is 34.7 Å². The van der Waals surface area contributed by atoms with E-state index in [0.29, 0.717) is 23.9 Å². The molecule has 0 spiro atoms. The highest BCUT2D eigenvalue weighted by Crippen LogP contribution is 2.23. The summed E-state index contributed by atoms with van der Waals surface area (Å²) < 4.78 is 41.7. The highest BCUT2D eigenvalue weighted by atomic mass is 127. The summed E-state index contributed by atoms with van der Waals surface area (Å²) in [6.07, 6.45) is -3.28. The van der Waals surface area contributed by atoms with Crippen molar-refractivity contribution in [2.24, 2.45) is 0 Å². The van der Waals surface area contributed by atoms with Gasteiger partial charge in [-0.25, -0.2) is 9.67 Å². The molecule has 0 aliphatic carbocycles. The number of nitrogens with zero attached hydrogens (tertiary/aromatic N) is 3. The quantitative estimate of drug-likeness (QED) is 0.289. The van der Waals surface area contributed by atoms with Crippen LogP contribution in [0, 0.1) is 0 Å². The van der Waals surface area contributed by atoms with Crippen molar-refractivity contribution in [1.82, 2.24) is 14.8 Å². The van der Waals surface area contributed by atoms with E-state index in [-0.39, 0.29) is 9.66 Å². The molecule has 0 aliphatic heterocycles. The Morgan fingerprint density at radius 3 is 2.39 bits per heavy atom. The van der Waals surface area contributed by atoms with Crippen LogP contribution < -0.4 is 15.4 Å². The number of carbonyl (C=O) groups excluding carboxylic acids is 1. The van der Waals surface area contributed by atoms with Crippen molar-refractivity contribution in [2.75, 3.05) is 10.6 Å². The Balaban J connectivity index is 1.59. The van der Waals surface area contributed by atoms with Gasteiger partial charge >= 0.3 is 6.36 Å². The fraction of sp³-hybridized carbons (Fsp3) is 0.118. The molecule has 2 aromatic carbocycles. The van der Waals surface area contributed by atoms with Crippen LogP contribution in [0.15, 0.2) is 54.9 Å². The number of anilines is 2. The van der Waals surface area contributed by atoms with Crippen LogP contribution in [-0.4, -0.2) is 25.0 Å². The normalized spacial score (nSPS) is 11.1. The number of halogens is 4. The van der Waals surface area contributed by atoms with E-state index in [1.807, 2.05) is 12.1 Å². The Kier molecular flexibility index (Phi) is 6.02. The van der Waals surface area contributed by atoms with Gasteiger partial charge in [-0.3, -0.25) is 4.79 Å². The molecule has 7 nitrogen and oxygen atoms in total. The van der Waals surface area contributed by atoms with Gasteiger partial charge in [0.25, 0.3) is 3.91 Å². The third-order valence-corrected chi connectivity index (χ3v) is 3.74. The standard InChI is InChI=1S/C17H13F3IN5O2/c18-17(19,20)28-14-7-5-13(6-8-14)26-10-23-16(25-26)22-9-11-1-3-12(4-2-11)24-15(21)27/h1-8,10H,9H2,(H,22,25)(H,24,27). The number of aromatic nitrogens is 3. The average Bonchev–Trinajstić information content (AvgIpc) is 3.09. The van der Waals surface area contributed by atoms with Crippen LogP contribution in [-0.2, 0) is 6.54 Å². The molecule has 3 aromatic rings. The minimum absolute atomic E-state index is 0.170. The average molecular weight is 503 g/mol. The topological polar surface area (TPSA) is 81.1 Å². The lowest BCUT2D eigenvalue weighted by Gasteiger charge is -2.09. The molecule has 28 heavy (non-hydrogen) atoms.